The molecule has 1 aromatic carbocycles. The molecule has 0 aliphatic heterocycles. The fraction of sp³-hybridized carbons (Fsp3) is 0.0769. The first kappa shape index (κ1) is 14.4. The number of hydrogen-bond donors (Lipinski definition) is 2. The number of benzene rings is 1. The lowest BCUT2D eigenvalue weighted by Gasteiger charge is -2.07. The van der Waals surface area contributed by atoms with Crippen molar-refractivity contribution in [1.29, 1.82) is 0 Å². The van der Waals surface area contributed by atoms with E-state index in [1.165, 1.54) is 30.5 Å². The Bertz CT molecular complexity index is 667. The molecule has 1 heterocycles. The molecule has 104 valence electrons. The van der Waals surface area contributed by atoms with Crippen molar-refractivity contribution in [3.63, 3.8) is 0 Å². The topological polar surface area (TPSA) is 71.3 Å². The fourth-order valence-corrected chi connectivity index (χ4v) is 1.81. The zero-order chi connectivity index (χ0) is 14.7. The molecule has 0 spiro atoms. The van der Waals surface area contributed by atoms with Gasteiger partial charge in [-0.15, -0.1) is 0 Å². The van der Waals surface area contributed by atoms with Gasteiger partial charge in [0.25, 0.3) is 11.8 Å². The van der Waals surface area contributed by atoms with E-state index in [1.54, 1.807) is 6.92 Å². The highest BCUT2D eigenvalue weighted by molar-refractivity contribution is 6.42. The molecule has 0 fully saturated rings. The van der Waals surface area contributed by atoms with Crippen molar-refractivity contribution in [2.24, 2.45) is 0 Å². The molecule has 2 N–H and O–H groups in total. The van der Waals surface area contributed by atoms with E-state index in [-0.39, 0.29) is 10.6 Å². The second kappa shape index (κ2) is 5.98. The van der Waals surface area contributed by atoms with Crippen molar-refractivity contribution in [2.45, 2.75) is 6.92 Å². The van der Waals surface area contributed by atoms with Crippen LogP contribution in [0.5, 0.6) is 0 Å². The van der Waals surface area contributed by atoms with Crippen LogP contribution in [0.1, 0.15) is 26.5 Å². The molecule has 7 heteroatoms. The first-order chi connectivity index (χ1) is 9.49. The Hall–Kier alpha value is -1.98. The van der Waals surface area contributed by atoms with Crippen LogP contribution in [-0.4, -0.2) is 11.8 Å². The van der Waals surface area contributed by atoms with Gasteiger partial charge in [-0.3, -0.25) is 20.4 Å². The first-order valence-electron chi connectivity index (χ1n) is 5.59. The van der Waals surface area contributed by atoms with Crippen LogP contribution in [0.3, 0.4) is 0 Å². The van der Waals surface area contributed by atoms with Crippen LogP contribution in [0.4, 0.5) is 0 Å². The maximum Gasteiger partial charge on any atom is 0.273 e. The summed E-state index contributed by atoms with van der Waals surface area (Å²) in [5, 5.41) is 0.609. The molecule has 1 aromatic heterocycles. The number of nitrogens with one attached hydrogen (secondary N) is 2. The number of aryl methyl sites for hydroxylation is 1. The minimum absolute atomic E-state index is 0.260. The molecule has 0 aliphatic rings. The number of amides is 2. The summed E-state index contributed by atoms with van der Waals surface area (Å²) in [7, 11) is 0. The van der Waals surface area contributed by atoms with E-state index in [1.807, 2.05) is 0 Å². The van der Waals surface area contributed by atoms with Gasteiger partial charge >= 0.3 is 0 Å². The van der Waals surface area contributed by atoms with Gasteiger partial charge in [-0.25, -0.2) is 0 Å². The van der Waals surface area contributed by atoms with Gasteiger partial charge in [0.15, 0.2) is 0 Å². The molecule has 20 heavy (non-hydrogen) atoms. The summed E-state index contributed by atoms with van der Waals surface area (Å²) in [5.74, 6) is -0.506. The molecule has 0 bridgehead atoms. The zero-order valence-corrected chi connectivity index (χ0v) is 11.9. The number of carbonyl (C=O) groups is 2. The van der Waals surface area contributed by atoms with Crippen molar-refractivity contribution < 1.29 is 14.0 Å². The maximum atomic E-state index is 11.8. The number of carbonyl (C=O) groups excluding carboxylic acids is 2. The van der Waals surface area contributed by atoms with E-state index in [0.717, 1.165) is 0 Å². The molecule has 5 nitrogen and oxygen atoms in total. The summed E-state index contributed by atoms with van der Waals surface area (Å²) in [6.07, 6.45) is 1.39. The van der Waals surface area contributed by atoms with Gasteiger partial charge in [-0.1, -0.05) is 23.2 Å². The Labute approximate surface area is 124 Å². The Morgan fingerprint density at radius 1 is 1.05 bits per heavy atom. The zero-order valence-electron chi connectivity index (χ0n) is 10.4. The number of rotatable bonds is 2. The van der Waals surface area contributed by atoms with Gasteiger partial charge in [0, 0.05) is 5.56 Å². The highest BCUT2D eigenvalue weighted by Gasteiger charge is 2.13. The average Bonchev–Trinajstić information content (AvgIpc) is 2.85. The van der Waals surface area contributed by atoms with Crippen LogP contribution >= 0.6 is 23.2 Å². The van der Waals surface area contributed by atoms with E-state index in [2.05, 4.69) is 10.9 Å². The van der Waals surface area contributed by atoms with Crippen molar-refractivity contribution in [3.8, 4) is 0 Å². The SMILES string of the molecule is Cc1occc1C(=O)NNC(=O)c1ccc(Cl)c(Cl)c1. The van der Waals surface area contributed by atoms with E-state index in [4.69, 9.17) is 27.6 Å². The summed E-state index contributed by atoms with van der Waals surface area (Å²) >= 11 is 11.6. The van der Waals surface area contributed by atoms with Gasteiger partial charge in [0.2, 0.25) is 0 Å². The minimum atomic E-state index is -0.502. The van der Waals surface area contributed by atoms with Gasteiger partial charge in [0.1, 0.15) is 5.76 Å². The lowest BCUT2D eigenvalue weighted by atomic mass is 10.2. The van der Waals surface area contributed by atoms with Crippen LogP contribution in [0.15, 0.2) is 34.9 Å². The Morgan fingerprint density at radius 3 is 2.35 bits per heavy atom. The molecule has 2 aromatic rings. The van der Waals surface area contributed by atoms with Gasteiger partial charge < -0.3 is 4.42 Å². The second-order valence-corrected chi connectivity index (χ2v) is 4.74. The van der Waals surface area contributed by atoms with Crippen molar-refractivity contribution in [2.75, 3.05) is 0 Å². The van der Waals surface area contributed by atoms with Crippen LogP contribution < -0.4 is 10.9 Å². The Morgan fingerprint density at radius 2 is 1.75 bits per heavy atom. The number of hydrazine groups is 1. The molecule has 2 rings (SSSR count). The molecule has 0 atom stereocenters. The third-order valence-corrected chi connectivity index (χ3v) is 3.31. The minimum Gasteiger partial charge on any atom is -0.469 e. The lowest BCUT2D eigenvalue weighted by molar-refractivity contribution is 0.0845. The molecule has 0 aliphatic carbocycles. The summed E-state index contributed by atoms with van der Waals surface area (Å²) in [6, 6.07) is 5.92. The predicted molar refractivity (Wildman–Crippen MR) is 74.8 cm³/mol. The molecule has 0 radical (unpaired) electrons. The highest BCUT2D eigenvalue weighted by atomic mass is 35.5. The monoisotopic (exact) mass is 312 g/mol. The van der Waals surface area contributed by atoms with E-state index in [9.17, 15) is 9.59 Å². The van der Waals surface area contributed by atoms with Crippen LogP contribution in [-0.2, 0) is 0 Å². The lowest BCUT2D eigenvalue weighted by Crippen LogP contribution is -2.41. The van der Waals surface area contributed by atoms with Gasteiger partial charge in [0.05, 0.1) is 21.9 Å². The molecule has 2 amide bonds. The number of hydrogen-bond acceptors (Lipinski definition) is 3. The third kappa shape index (κ3) is 3.12. The van der Waals surface area contributed by atoms with E-state index < -0.39 is 11.8 Å². The predicted octanol–water partition coefficient (Wildman–Crippen LogP) is 2.97. The van der Waals surface area contributed by atoms with Gasteiger partial charge in [-0.2, -0.15) is 0 Å². The Kier molecular flexibility index (Phi) is 4.32. The van der Waals surface area contributed by atoms with Crippen LogP contribution in [0, 0.1) is 6.92 Å². The number of furan rings is 1. The Balaban J connectivity index is 2.00. The third-order valence-electron chi connectivity index (χ3n) is 2.57. The molecule has 0 saturated carbocycles. The smallest absolute Gasteiger partial charge is 0.273 e. The second-order valence-electron chi connectivity index (χ2n) is 3.93. The average molecular weight is 313 g/mol. The van der Waals surface area contributed by atoms with Crippen LogP contribution in [0.2, 0.25) is 10.0 Å². The fourth-order valence-electron chi connectivity index (χ4n) is 1.51. The standard InChI is InChI=1S/C13H10Cl2N2O3/c1-7-9(4-5-20-7)13(19)17-16-12(18)8-2-3-10(14)11(15)6-8/h2-6H,1H3,(H,16,18)(H,17,19). The van der Waals surface area contributed by atoms with E-state index in [0.29, 0.717) is 16.3 Å². The molecule has 0 unspecified atom stereocenters. The normalized spacial score (nSPS) is 10.2. The van der Waals surface area contributed by atoms with Crippen molar-refractivity contribution in [3.05, 3.63) is 57.5 Å². The summed E-state index contributed by atoms with van der Waals surface area (Å²) in [5.41, 5.74) is 5.19. The van der Waals surface area contributed by atoms with E-state index >= 15 is 0 Å². The largest absolute Gasteiger partial charge is 0.469 e. The number of halogens is 2. The summed E-state index contributed by atoms with van der Waals surface area (Å²) in [4.78, 5) is 23.6. The van der Waals surface area contributed by atoms with Gasteiger partial charge in [-0.05, 0) is 31.2 Å². The van der Waals surface area contributed by atoms with Crippen molar-refractivity contribution in [1.82, 2.24) is 10.9 Å². The summed E-state index contributed by atoms with van der Waals surface area (Å²) in [6.45, 7) is 1.65. The van der Waals surface area contributed by atoms with Crippen molar-refractivity contribution >= 4 is 35.0 Å². The maximum absolute atomic E-state index is 11.8. The van der Waals surface area contributed by atoms with Crippen LogP contribution in [0.25, 0.3) is 0 Å². The highest BCUT2D eigenvalue weighted by Crippen LogP contribution is 2.22. The quantitative estimate of drug-likeness (QED) is 0.837. The summed E-state index contributed by atoms with van der Waals surface area (Å²) < 4.78 is 5.00. The molecule has 0 saturated heterocycles. The molecular weight excluding hydrogens is 303 g/mol. The molecular formula is C13H10Cl2N2O3. The first-order valence-corrected chi connectivity index (χ1v) is 6.34.